The Labute approximate surface area is 146 Å². The van der Waals surface area contributed by atoms with E-state index in [9.17, 15) is 9.59 Å². The number of halogens is 1. The van der Waals surface area contributed by atoms with E-state index in [2.05, 4.69) is 15.9 Å². The molecule has 1 aliphatic rings. The molecule has 0 fully saturated rings. The fourth-order valence-corrected chi connectivity index (χ4v) is 3.26. The summed E-state index contributed by atoms with van der Waals surface area (Å²) >= 11 is 3.45. The molecule has 2 N–H and O–H groups in total. The number of hydrogen-bond donors (Lipinski definition) is 1. The van der Waals surface area contributed by atoms with Gasteiger partial charge in [0, 0.05) is 10.5 Å². The van der Waals surface area contributed by atoms with Crippen molar-refractivity contribution in [2.45, 2.75) is 12.8 Å². The van der Waals surface area contributed by atoms with Crippen LogP contribution in [0, 0.1) is 6.92 Å². The van der Waals surface area contributed by atoms with Crippen LogP contribution in [0.1, 0.15) is 22.8 Å². The molecular weight excluding hydrogens is 378 g/mol. The summed E-state index contributed by atoms with van der Waals surface area (Å²) in [5.74, 6) is -0.860. The molecule has 1 aliphatic heterocycles. The minimum atomic E-state index is -0.756. The monoisotopic (exact) mass is 391 g/mol. The molecule has 0 aliphatic carbocycles. The van der Waals surface area contributed by atoms with Crippen LogP contribution in [0.4, 0.5) is 0 Å². The van der Waals surface area contributed by atoms with Crippen molar-refractivity contribution in [3.8, 4) is 5.75 Å². The van der Waals surface area contributed by atoms with E-state index in [1.165, 1.54) is 7.11 Å². The zero-order valence-corrected chi connectivity index (χ0v) is 14.5. The van der Waals surface area contributed by atoms with Gasteiger partial charge in [-0.15, -0.1) is 0 Å². The van der Waals surface area contributed by atoms with Gasteiger partial charge >= 0.3 is 11.6 Å². The number of aryl methyl sites for hydroxylation is 1. The van der Waals surface area contributed by atoms with Gasteiger partial charge in [0.2, 0.25) is 5.88 Å². The van der Waals surface area contributed by atoms with Crippen LogP contribution in [0.5, 0.6) is 5.75 Å². The summed E-state index contributed by atoms with van der Waals surface area (Å²) < 4.78 is 16.2. The second-order valence-corrected chi connectivity index (χ2v) is 6.10. The highest BCUT2D eigenvalue weighted by molar-refractivity contribution is 9.10. The van der Waals surface area contributed by atoms with Crippen LogP contribution in [-0.2, 0) is 9.53 Å². The van der Waals surface area contributed by atoms with Gasteiger partial charge in [0.15, 0.2) is 0 Å². The van der Waals surface area contributed by atoms with Gasteiger partial charge in [-0.05, 0) is 18.6 Å². The first-order valence-electron chi connectivity index (χ1n) is 7.09. The number of carbonyl (C=O) groups is 1. The highest BCUT2D eigenvalue weighted by atomic mass is 79.9. The number of esters is 1. The smallest absolute Gasteiger partial charge is 0.343 e. The Kier molecular flexibility index (Phi) is 4.19. The third kappa shape index (κ3) is 2.60. The molecule has 24 heavy (non-hydrogen) atoms. The molecular formula is C17H14BrNO5. The molecule has 3 rings (SSSR count). The first-order chi connectivity index (χ1) is 11.4. The molecule has 7 heteroatoms. The summed E-state index contributed by atoms with van der Waals surface area (Å²) in [6, 6.07) is 8.80. The number of rotatable bonds is 2. The highest BCUT2D eigenvalue weighted by Crippen LogP contribution is 2.43. The van der Waals surface area contributed by atoms with Crippen molar-refractivity contribution < 1.29 is 18.7 Å². The Morgan fingerprint density at radius 2 is 2.04 bits per heavy atom. The summed E-state index contributed by atoms with van der Waals surface area (Å²) in [6.45, 7) is 1.63. The lowest BCUT2D eigenvalue weighted by Gasteiger charge is -2.27. The van der Waals surface area contributed by atoms with Crippen molar-refractivity contribution in [3.05, 3.63) is 73.6 Å². The Bertz CT molecular complexity index is 915. The fourth-order valence-electron chi connectivity index (χ4n) is 2.75. The molecule has 0 radical (unpaired) electrons. The number of benzene rings is 1. The van der Waals surface area contributed by atoms with Gasteiger partial charge in [0.25, 0.3) is 0 Å². The highest BCUT2D eigenvalue weighted by Gasteiger charge is 2.38. The van der Waals surface area contributed by atoms with Crippen molar-refractivity contribution >= 4 is 21.9 Å². The standard InChI is InChI=1S/C17H14BrNO5/c1-8-7-11-13(17(21)23-8)12(9-5-3-4-6-10(9)18)14(15(19)24-11)16(20)22-2/h3-7,12H,19H2,1-2H3. The molecule has 124 valence electrons. The Morgan fingerprint density at radius 3 is 2.71 bits per heavy atom. The van der Waals surface area contributed by atoms with Crippen LogP contribution in [0.2, 0.25) is 0 Å². The quantitative estimate of drug-likeness (QED) is 0.790. The lowest BCUT2D eigenvalue weighted by Crippen LogP contribution is -2.30. The van der Waals surface area contributed by atoms with Crippen LogP contribution >= 0.6 is 15.9 Å². The minimum Gasteiger partial charge on any atom is -0.465 e. The SMILES string of the molecule is COC(=O)C1=C(N)Oc2cc(C)oc(=O)c2C1c1ccccc1Br. The zero-order chi connectivity index (χ0) is 17.4. The Balaban J connectivity index is 2.35. The molecule has 0 spiro atoms. The average Bonchev–Trinajstić information content (AvgIpc) is 2.53. The summed E-state index contributed by atoms with van der Waals surface area (Å²) in [7, 11) is 1.24. The third-order valence-corrected chi connectivity index (χ3v) is 4.48. The van der Waals surface area contributed by atoms with E-state index >= 15 is 0 Å². The predicted octanol–water partition coefficient (Wildman–Crippen LogP) is 2.58. The van der Waals surface area contributed by atoms with Crippen molar-refractivity contribution in [1.82, 2.24) is 0 Å². The molecule has 2 aromatic rings. The third-order valence-electron chi connectivity index (χ3n) is 3.76. The van der Waals surface area contributed by atoms with Crippen molar-refractivity contribution in [2.24, 2.45) is 5.73 Å². The van der Waals surface area contributed by atoms with E-state index in [0.717, 1.165) is 4.47 Å². The maximum Gasteiger partial charge on any atom is 0.343 e. The minimum absolute atomic E-state index is 0.0630. The maximum absolute atomic E-state index is 12.5. The van der Waals surface area contributed by atoms with Gasteiger partial charge in [0.1, 0.15) is 17.1 Å². The molecule has 2 heterocycles. The summed E-state index contributed by atoms with van der Waals surface area (Å²) in [6.07, 6.45) is 0. The van der Waals surface area contributed by atoms with Crippen molar-refractivity contribution in [2.75, 3.05) is 7.11 Å². The van der Waals surface area contributed by atoms with Crippen LogP contribution < -0.4 is 16.1 Å². The fraction of sp³-hybridized carbons (Fsp3) is 0.176. The lowest BCUT2D eigenvalue weighted by atomic mass is 9.84. The van der Waals surface area contributed by atoms with Crippen molar-refractivity contribution in [1.29, 1.82) is 0 Å². The first-order valence-corrected chi connectivity index (χ1v) is 7.88. The number of carbonyl (C=O) groups excluding carboxylic acids is 1. The van der Waals surface area contributed by atoms with Crippen LogP contribution in [0.25, 0.3) is 0 Å². The second kappa shape index (κ2) is 6.16. The van der Waals surface area contributed by atoms with Gasteiger partial charge < -0.3 is 19.6 Å². The maximum atomic E-state index is 12.5. The number of methoxy groups -OCH3 is 1. The summed E-state index contributed by atoms with van der Waals surface area (Å²) in [4.78, 5) is 24.7. The number of nitrogens with two attached hydrogens (primary N) is 1. The Morgan fingerprint density at radius 1 is 1.33 bits per heavy atom. The van der Waals surface area contributed by atoms with E-state index in [4.69, 9.17) is 19.6 Å². The van der Waals surface area contributed by atoms with E-state index in [1.54, 1.807) is 25.1 Å². The molecule has 0 saturated heterocycles. The number of ether oxygens (including phenoxy) is 2. The predicted molar refractivity (Wildman–Crippen MR) is 89.6 cm³/mol. The van der Waals surface area contributed by atoms with Gasteiger partial charge in [-0.25, -0.2) is 9.59 Å². The van der Waals surface area contributed by atoms with E-state index < -0.39 is 17.5 Å². The van der Waals surface area contributed by atoms with Crippen LogP contribution in [0.15, 0.2) is 55.5 Å². The van der Waals surface area contributed by atoms with Crippen LogP contribution in [-0.4, -0.2) is 13.1 Å². The molecule has 0 bridgehead atoms. The second-order valence-electron chi connectivity index (χ2n) is 5.25. The molecule has 1 atom stereocenters. The van der Waals surface area contributed by atoms with Crippen molar-refractivity contribution in [3.63, 3.8) is 0 Å². The molecule has 0 saturated carbocycles. The van der Waals surface area contributed by atoms with Gasteiger partial charge in [0.05, 0.1) is 18.6 Å². The molecule has 6 nitrogen and oxygen atoms in total. The molecule has 1 aromatic carbocycles. The molecule has 0 amide bonds. The van der Waals surface area contributed by atoms with Gasteiger partial charge in [-0.3, -0.25) is 0 Å². The van der Waals surface area contributed by atoms with Crippen LogP contribution in [0.3, 0.4) is 0 Å². The average molecular weight is 392 g/mol. The zero-order valence-electron chi connectivity index (χ0n) is 13.0. The van der Waals surface area contributed by atoms with E-state index in [0.29, 0.717) is 11.3 Å². The summed E-state index contributed by atoms with van der Waals surface area (Å²) in [5, 5.41) is 0. The first kappa shape index (κ1) is 16.3. The molecule has 1 unspecified atom stereocenters. The normalized spacial score (nSPS) is 16.4. The largest absolute Gasteiger partial charge is 0.465 e. The topological polar surface area (TPSA) is 91.8 Å². The van der Waals surface area contributed by atoms with Gasteiger partial charge in [-0.2, -0.15) is 0 Å². The molecule has 1 aromatic heterocycles. The van der Waals surface area contributed by atoms with E-state index in [-0.39, 0.29) is 22.8 Å². The lowest BCUT2D eigenvalue weighted by molar-refractivity contribution is -0.136. The Hall–Kier alpha value is -2.54. The summed E-state index contributed by atoms with van der Waals surface area (Å²) in [5.41, 5.74) is 6.33. The number of fused-ring (bicyclic) bond motifs is 1. The van der Waals surface area contributed by atoms with Gasteiger partial charge in [-0.1, -0.05) is 34.1 Å². The number of hydrogen-bond acceptors (Lipinski definition) is 6. The van der Waals surface area contributed by atoms with E-state index in [1.807, 2.05) is 12.1 Å².